The Labute approximate surface area is 135 Å². The second kappa shape index (κ2) is 10.3. The highest BCUT2D eigenvalue weighted by molar-refractivity contribution is 5.94. The molecule has 1 aromatic rings. The van der Waals surface area contributed by atoms with Crippen molar-refractivity contribution in [2.24, 2.45) is 5.73 Å². The van der Waals surface area contributed by atoms with E-state index < -0.39 is 12.5 Å². The number of nitrogens with two attached hydrogens (primary N) is 1. The van der Waals surface area contributed by atoms with E-state index in [-0.39, 0.29) is 11.7 Å². The zero-order valence-corrected chi connectivity index (χ0v) is 13.0. The molecule has 0 aliphatic carbocycles. The van der Waals surface area contributed by atoms with E-state index in [9.17, 15) is 14.4 Å². The van der Waals surface area contributed by atoms with Crippen LogP contribution in [0.4, 0.5) is 0 Å². The van der Waals surface area contributed by atoms with Crippen LogP contribution in [0, 0.1) is 0 Å². The van der Waals surface area contributed by atoms with Gasteiger partial charge < -0.3 is 16.2 Å². The average molecular weight is 318 g/mol. The fourth-order valence-corrected chi connectivity index (χ4v) is 1.94. The number of aliphatic hydroxyl groups excluding tert-OH is 1. The molecule has 1 aromatic carbocycles. The molecule has 0 heterocycles. The number of carbonyl (C=O) groups is 3. The predicted octanol–water partition coefficient (Wildman–Crippen LogP) is 1.04. The largest absolute Gasteiger partial charge is 0.389 e. The van der Waals surface area contributed by atoms with Gasteiger partial charge >= 0.3 is 0 Å². The molecule has 0 saturated heterocycles. The number of amides is 2. The highest BCUT2D eigenvalue weighted by Crippen LogP contribution is 2.06. The van der Waals surface area contributed by atoms with Crippen molar-refractivity contribution >= 4 is 23.7 Å². The van der Waals surface area contributed by atoms with Crippen LogP contribution in [0.1, 0.15) is 41.6 Å². The van der Waals surface area contributed by atoms with Crippen molar-refractivity contribution in [2.75, 3.05) is 13.2 Å². The van der Waals surface area contributed by atoms with Gasteiger partial charge in [-0.15, -0.1) is 0 Å². The van der Waals surface area contributed by atoms with Crippen molar-refractivity contribution in [3.63, 3.8) is 0 Å². The number of carbonyl (C=O) groups excluding carboxylic acids is 3. The number of ketones is 1. The van der Waals surface area contributed by atoms with Crippen LogP contribution < -0.4 is 11.1 Å². The molecule has 0 saturated carbocycles. The number of primary amides is 1. The quantitative estimate of drug-likeness (QED) is 0.442. The van der Waals surface area contributed by atoms with Gasteiger partial charge in [0.25, 0.3) is 0 Å². The molecule has 0 aliphatic heterocycles. The summed E-state index contributed by atoms with van der Waals surface area (Å²) in [7, 11) is 0. The zero-order chi connectivity index (χ0) is 17.1. The predicted molar refractivity (Wildman–Crippen MR) is 87.6 cm³/mol. The molecule has 2 amide bonds. The minimum atomic E-state index is -0.510. The summed E-state index contributed by atoms with van der Waals surface area (Å²) in [6.07, 6.45) is 5.69. The van der Waals surface area contributed by atoms with E-state index in [1.807, 2.05) is 0 Å². The summed E-state index contributed by atoms with van der Waals surface area (Å²) in [5, 5.41) is 11.3. The van der Waals surface area contributed by atoms with Crippen LogP contribution in [-0.4, -0.2) is 35.9 Å². The van der Waals surface area contributed by atoms with Crippen molar-refractivity contribution in [2.45, 2.75) is 25.7 Å². The highest BCUT2D eigenvalue weighted by Gasteiger charge is 2.01. The van der Waals surface area contributed by atoms with Gasteiger partial charge in [-0.05, 0) is 36.6 Å². The molecule has 0 unspecified atom stereocenters. The van der Waals surface area contributed by atoms with E-state index in [4.69, 9.17) is 10.8 Å². The van der Waals surface area contributed by atoms with Crippen LogP contribution in [0.3, 0.4) is 0 Å². The molecule has 0 aliphatic rings. The van der Waals surface area contributed by atoms with Gasteiger partial charge in [-0.3, -0.25) is 14.4 Å². The number of rotatable bonds is 10. The van der Waals surface area contributed by atoms with Crippen LogP contribution in [0.2, 0.25) is 0 Å². The Bertz CT molecular complexity index is 582. The SMILES string of the molecule is NC(=O)c1cccc(/C=C/C(=O)NCCCCCC(=O)CO)c1. The van der Waals surface area contributed by atoms with Gasteiger partial charge in [-0.1, -0.05) is 18.6 Å². The number of nitrogens with one attached hydrogen (secondary N) is 1. The Morgan fingerprint density at radius 1 is 1.17 bits per heavy atom. The number of Topliss-reactive ketones (excluding diaryl/α,β-unsaturated/α-hetero) is 1. The Balaban J connectivity index is 2.27. The fraction of sp³-hybridized carbons (Fsp3) is 0.353. The summed E-state index contributed by atoms with van der Waals surface area (Å²) in [4.78, 5) is 33.6. The van der Waals surface area contributed by atoms with Crippen molar-refractivity contribution in [1.29, 1.82) is 0 Å². The summed E-state index contributed by atoms with van der Waals surface area (Å²) in [6.45, 7) is 0.121. The first kappa shape index (κ1) is 18.6. The second-order valence-electron chi connectivity index (χ2n) is 5.12. The van der Waals surface area contributed by atoms with Crippen molar-refractivity contribution in [3.8, 4) is 0 Å². The Kier molecular flexibility index (Phi) is 8.31. The molecule has 4 N–H and O–H groups in total. The molecular weight excluding hydrogens is 296 g/mol. The molecule has 1 rings (SSSR count). The number of hydrogen-bond donors (Lipinski definition) is 3. The molecule has 6 nitrogen and oxygen atoms in total. The zero-order valence-electron chi connectivity index (χ0n) is 13.0. The second-order valence-corrected chi connectivity index (χ2v) is 5.12. The number of aliphatic hydroxyl groups is 1. The van der Waals surface area contributed by atoms with E-state index in [0.717, 1.165) is 18.4 Å². The van der Waals surface area contributed by atoms with E-state index in [1.165, 1.54) is 6.08 Å². The van der Waals surface area contributed by atoms with Gasteiger partial charge in [-0.2, -0.15) is 0 Å². The summed E-state index contributed by atoms with van der Waals surface area (Å²) < 4.78 is 0. The Morgan fingerprint density at radius 2 is 1.96 bits per heavy atom. The smallest absolute Gasteiger partial charge is 0.248 e. The maximum atomic E-state index is 11.6. The van der Waals surface area contributed by atoms with E-state index >= 15 is 0 Å². The first-order valence-electron chi connectivity index (χ1n) is 7.51. The monoisotopic (exact) mass is 318 g/mol. The Morgan fingerprint density at radius 3 is 2.65 bits per heavy atom. The van der Waals surface area contributed by atoms with Crippen LogP contribution in [0.25, 0.3) is 6.08 Å². The average Bonchev–Trinajstić information content (AvgIpc) is 2.56. The molecule has 6 heteroatoms. The Hall–Kier alpha value is -2.47. The van der Waals surface area contributed by atoms with Crippen molar-refractivity contribution in [3.05, 3.63) is 41.5 Å². The standard InChI is InChI=1S/C17H22N2O4/c18-17(23)14-6-4-5-13(11-14)8-9-16(22)19-10-3-1-2-7-15(21)12-20/h4-6,8-9,11,20H,1-3,7,10,12H2,(H2,18,23)(H,19,22)/b9-8+. The molecule has 0 aromatic heterocycles. The highest BCUT2D eigenvalue weighted by atomic mass is 16.3. The van der Waals surface area contributed by atoms with Crippen LogP contribution in [0.5, 0.6) is 0 Å². The lowest BCUT2D eigenvalue weighted by Gasteiger charge is -2.02. The lowest BCUT2D eigenvalue weighted by Crippen LogP contribution is -2.22. The third-order valence-corrected chi connectivity index (χ3v) is 3.21. The maximum Gasteiger partial charge on any atom is 0.248 e. The van der Waals surface area contributed by atoms with Gasteiger partial charge in [-0.25, -0.2) is 0 Å². The minimum absolute atomic E-state index is 0.157. The number of hydrogen-bond acceptors (Lipinski definition) is 4. The fourth-order valence-electron chi connectivity index (χ4n) is 1.94. The topological polar surface area (TPSA) is 109 Å². The maximum absolute atomic E-state index is 11.6. The van der Waals surface area contributed by atoms with Gasteiger partial charge in [0.2, 0.25) is 11.8 Å². The van der Waals surface area contributed by atoms with Crippen LogP contribution in [0.15, 0.2) is 30.3 Å². The van der Waals surface area contributed by atoms with E-state index in [2.05, 4.69) is 5.32 Å². The van der Waals surface area contributed by atoms with Crippen molar-refractivity contribution in [1.82, 2.24) is 5.32 Å². The summed E-state index contributed by atoms with van der Waals surface area (Å²) in [5.74, 6) is -0.888. The summed E-state index contributed by atoms with van der Waals surface area (Å²) in [5.41, 5.74) is 6.31. The van der Waals surface area contributed by atoms with E-state index in [1.54, 1.807) is 30.3 Å². The van der Waals surface area contributed by atoms with Crippen LogP contribution >= 0.6 is 0 Å². The molecule has 0 atom stereocenters. The molecular formula is C17H22N2O4. The first-order chi connectivity index (χ1) is 11.0. The molecule has 0 bridgehead atoms. The van der Waals surface area contributed by atoms with Gasteiger partial charge in [0.05, 0.1) is 0 Å². The van der Waals surface area contributed by atoms with Crippen LogP contribution in [-0.2, 0) is 9.59 Å². The normalized spacial score (nSPS) is 10.7. The lowest BCUT2D eigenvalue weighted by molar-refractivity contribution is -0.122. The third kappa shape index (κ3) is 7.92. The van der Waals surface area contributed by atoms with Gasteiger partial charge in [0.1, 0.15) is 6.61 Å². The minimum Gasteiger partial charge on any atom is -0.389 e. The first-order valence-corrected chi connectivity index (χ1v) is 7.51. The summed E-state index contributed by atoms with van der Waals surface area (Å²) >= 11 is 0. The molecule has 124 valence electrons. The van der Waals surface area contributed by atoms with Gasteiger partial charge in [0.15, 0.2) is 5.78 Å². The number of unbranched alkanes of at least 4 members (excludes halogenated alkanes) is 2. The lowest BCUT2D eigenvalue weighted by atomic mass is 10.1. The molecule has 0 fully saturated rings. The van der Waals surface area contributed by atoms with Crippen molar-refractivity contribution < 1.29 is 19.5 Å². The molecule has 0 spiro atoms. The third-order valence-electron chi connectivity index (χ3n) is 3.21. The molecule has 23 heavy (non-hydrogen) atoms. The van der Waals surface area contributed by atoms with E-state index in [0.29, 0.717) is 24.9 Å². The van der Waals surface area contributed by atoms with Gasteiger partial charge in [0, 0.05) is 24.6 Å². The summed E-state index contributed by atoms with van der Waals surface area (Å²) in [6, 6.07) is 6.70. The molecule has 0 radical (unpaired) electrons. The number of benzene rings is 1.